The first-order valence-electron chi connectivity index (χ1n) is 3.84. The Morgan fingerprint density at radius 2 is 2.17 bits per heavy atom. The molecule has 0 aromatic heterocycles. The van der Waals surface area contributed by atoms with E-state index < -0.39 is 5.41 Å². The van der Waals surface area contributed by atoms with Crippen molar-refractivity contribution in [3.8, 4) is 0 Å². The van der Waals surface area contributed by atoms with Crippen molar-refractivity contribution in [2.24, 2.45) is 10.4 Å². The Labute approximate surface area is 72.1 Å². The van der Waals surface area contributed by atoms with Crippen molar-refractivity contribution in [2.45, 2.75) is 20.8 Å². The maximum atomic E-state index is 11.3. The summed E-state index contributed by atoms with van der Waals surface area (Å²) in [6.45, 7) is 5.52. The number of nitrogens with zero attached hydrogens (tertiary/aromatic N) is 1. The summed E-state index contributed by atoms with van der Waals surface area (Å²) < 4.78 is 4.69. The van der Waals surface area contributed by atoms with Crippen LogP contribution in [-0.2, 0) is 9.53 Å². The van der Waals surface area contributed by atoms with Crippen molar-refractivity contribution in [1.29, 1.82) is 0 Å². The molecule has 0 fully saturated rings. The molecule has 0 aliphatic carbocycles. The molecule has 1 rings (SSSR count). The van der Waals surface area contributed by atoms with Crippen molar-refractivity contribution >= 4 is 11.7 Å². The molecule has 0 radical (unpaired) electrons. The highest BCUT2D eigenvalue weighted by Gasteiger charge is 2.38. The number of rotatable bonds is 1. The monoisotopic (exact) mass is 167 g/mol. The highest BCUT2D eigenvalue weighted by atomic mass is 16.5. The highest BCUT2D eigenvalue weighted by molar-refractivity contribution is 6.09. The Bertz CT molecular complexity index is 278. The second kappa shape index (κ2) is 2.73. The summed E-state index contributed by atoms with van der Waals surface area (Å²) in [5.74, 6) is -0.249. The van der Waals surface area contributed by atoms with Crippen LogP contribution in [0, 0.1) is 5.41 Å². The van der Waals surface area contributed by atoms with Crippen LogP contribution >= 0.6 is 0 Å². The van der Waals surface area contributed by atoms with E-state index >= 15 is 0 Å². The molecule has 3 heteroatoms. The van der Waals surface area contributed by atoms with E-state index in [1.165, 1.54) is 7.11 Å². The van der Waals surface area contributed by atoms with Crippen molar-refractivity contribution < 1.29 is 9.53 Å². The molecule has 1 aliphatic rings. The lowest BCUT2D eigenvalue weighted by atomic mass is 9.87. The molecule has 12 heavy (non-hydrogen) atoms. The first kappa shape index (κ1) is 8.97. The molecule has 0 saturated heterocycles. The number of ether oxygens (including phenoxy) is 1. The predicted octanol–water partition coefficient (Wildman–Crippen LogP) is 1.54. The van der Waals surface area contributed by atoms with Crippen LogP contribution in [0.5, 0.6) is 0 Å². The van der Waals surface area contributed by atoms with Gasteiger partial charge < -0.3 is 4.74 Å². The van der Waals surface area contributed by atoms with Gasteiger partial charge in [-0.2, -0.15) is 0 Å². The van der Waals surface area contributed by atoms with Crippen LogP contribution in [-0.4, -0.2) is 18.8 Å². The molecular formula is C9H13NO2. The van der Waals surface area contributed by atoms with Crippen LogP contribution in [0.4, 0.5) is 0 Å². The van der Waals surface area contributed by atoms with Gasteiger partial charge in [0.05, 0.1) is 7.11 Å². The van der Waals surface area contributed by atoms with Crippen LogP contribution in [0.3, 0.4) is 0 Å². The lowest BCUT2D eigenvalue weighted by molar-refractivity contribution is -0.145. The second-order valence-corrected chi connectivity index (χ2v) is 3.18. The second-order valence-electron chi connectivity index (χ2n) is 3.18. The summed E-state index contributed by atoms with van der Waals surface area (Å²) in [4.78, 5) is 15.5. The molecule has 0 bridgehead atoms. The minimum absolute atomic E-state index is 0.249. The fourth-order valence-electron chi connectivity index (χ4n) is 1.35. The van der Waals surface area contributed by atoms with Gasteiger partial charge in [0.2, 0.25) is 0 Å². The zero-order valence-electron chi connectivity index (χ0n) is 7.84. The minimum atomic E-state index is -0.640. The van der Waals surface area contributed by atoms with Gasteiger partial charge in [0.25, 0.3) is 0 Å². The molecule has 0 saturated carbocycles. The fourth-order valence-corrected chi connectivity index (χ4v) is 1.35. The quantitative estimate of drug-likeness (QED) is 0.556. The summed E-state index contributed by atoms with van der Waals surface area (Å²) in [6.07, 6.45) is 1.83. The van der Waals surface area contributed by atoms with Gasteiger partial charge in [-0.3, -0.25) is 9.79 Å². The number of hydrogen-bond donors (Lipinski definition) is 0. The summed E-state index contributed by atoms with van der Waals surface area (Å²) in [5.41, 5.74) is 1.03. The average molecular weight is 167 g/mol. The molecule has 1 atom stereocenters. The zero-order valence-corrected chi connectivity index (χ0v) is 7.84. The van der Waals surface area contributed by atoms with E-state index in [2.05, 4.69) is 4.99 Å². The third-order valence-electron chi connectivity index (χ3n) is 2.20. The van der Waals surface area contributed by atoms with Gasteiger partial charge in [0.1, 0.15) is 5.41 Å². The van der Waals surface area contributed by atoms with Crippen LogP contribution in [0.1, 0.15) is 20.8 Å². The fraction of sp³-hybridized carbons (Fsp3) is 0.556. The van der Waals surface area contributed by atoms with E-state index in [0.717, 1.165) is 11.4 Å². The Balaban J connectivity index is 3.02. The van der Waals surface area contributed by atoms with Crippen LogP contribution < -0.4 is 0 Å². The van der Waals surface area contributed by atoms with Gasteiger partial charge >= 0.3 is 5.97 Å². The minimum Gasteiger partial charge on any atom is -0.468 e. The number of hydrogen-bond acceptors (Lipinski definition) is 3. The normalized spacial score (nSPS) is 28.0. The van der Waals surface area contributed by atoms with Crippen LogP contribution in [0.25, 0.3) is 0 Å². The van der Waals surface area contributed by atoms with Gasteiger partial charge in [0.15, 0.2) is 0 Å². The van der Waals surface area contributed by atoms with Crippen molar-refractivity contribution in [1.82, 2.24) is 0 Å². The third kappa shape index (κ3) is 1.15. The van der Waals surface area contributed by atoms with E-state index in [1.54, 1.807) is 0 Å². The van der Waals surface area contributed by atoms with Crippen molar-refractivity contribution in [2.75, 3.05) is 7.11 Å². The summed E-state index contributed by atoms with van der Waals surface area (Å²) in [5, 5.41) is 0. The zero-order chi connectivity index (χ0) is 9.35. The predicted molar refractivity (Wildman–Crippen MR) is 47.0 cm³/mol. The number of esters is 1. The van der Waals surface area contributed by atoms with E-state index in [4.69, 9.17) is 4.74 Å². The maximum Gasteiger partial charge on any atom is 0.321 e. The molecule has 0 spiro atoms. The molecule has 1 aliphatic heterocycles. The largest absolute Gasteiger partial charge is 0.468 e. The average Bonchev–Trinajstić information content (AvgIpc) is 2.26. The molecular weight excluding hydrogens is 154 g/mol. The molecule has 0 aromatic carbocycles. The van der Waals surface area contributed by atoms with Gasteiger partial charge in [-0.15, -0.1) is 0 Å². The Morgan fingerprint density at radius 1 is 1.58 bits per heavy atom. The lowest BCUT2D eigenvalue weighted by Gasteiger charge is -2.18. The topological polar surface area (TPSA) is 38.7 Å². The first-order chi connectivity index (χ1) is 5.50. The number of allylic oxidation sites excluding steroid dienone is 1. The van der Waals surface area contributed by atoms with Crippen LogP contribution in [0.2, 0.25) is 0 Å². The van der Waals surface area contributed by atoms with E-state index in [-0.39, 0.29) is 5.97 Å². The molecule has 0 amide bonds. The van der Waals surface area contributed by atoms with Gasteiger partial charge in [-0.25, -0.2) is 0 Å². The van der Waals surface area contributed by atoms with Gasteiger partial charge in [0, 0.05) is 11.4 Å². The molecule has 0 N–H and O–H groups in total. The Kier molecular flexibility index (Phi) is 2.04. The first-order valence-corrected chi connectivity index (χ1v) is 3.84. The Morgan fingerprint density at radius 3 is 2.50 bits per heavy atom. The molecule has 3 nitrogen and oxygen atoms in total. The number of carbonyl (C=O) groups is 1. The van der Waals surface area contributed by atoms with Crippen molar-refractivity contribution in [3.05, 3.63) is 11.8 Å². The number of aliphatic imine (C=N–C) groups is 1. The Hall–Kier alpha value is -1.12. The SMILES string of the molecule is COC(=O)C1(C)C=C(C)N=C1C. The molecule has 66 valence electrons. The maximum absolute atomic E-state index is 11.3. The van der Waals surface area contributed by atoms with E-state index in [0.29, 0.717) is 0 Å². The molecule has 1 unspecified atom stereocenters. The summed E-state index contributed by atoms with van der Waals surface area (Å²) in [7, 11) is 1.39. The molecule has 0 aromatic rings. The summed E-state index contributed by atoms with van der Waals surface area (Å²) in [6, 6.07) is 0. The number of methoxy groups -OCH3 is 1. The van der Waals surface area contributed by atoms with E-state index in [9.17, 15) is 4.79 Å². The number of carbonyl (C=O) groups excluding carboxylic acids is 1. The van der Waals surface area contributed by atoms with Gasteiger partial charge in [-0.05, 0) is 26.8 Å². The third-order valence-corrected chi connectivity index (χ3v) is 2.20. The van der Waals surface area contributed by atoms with E-state index in [1.807, 2.05) is 26.8 Å². The van der Waals surface area contributed by atoms with Crippen LogP contribution in [0.15, 0.2) is 16.8 Å². The summed E-state index contributed by atoms with van der Waals surface area (Å²) >= 11 is 0. The van der Waals surface area contributed by atoms with Crippen molar-refractivity contribution in [3.63, 3.8) is 0 Å². The molecule has 1 heterocycles. The smallest absolute Gasteiger partial charge is 0.321 e. The highest BCUT2D eigenvalue weighted by Crippen LogP contribution is 2.30. The lowest BCUT2D eigenvalue weighted by Crippen LogP contribution is -2.32. The van der Waals surface area contributed by atoms with Gasteiger partial charge in [-0.1, -0.05) is 0 Å². The standard InChI is InChI=1S/C9H13NO2/c1-6-5-9(3,7(2)10-6)8(11)12-4/h5H,1-4H3.